The van der Waals surface area contributed by atoms with Crippen molar-refractivity contribution in [2.24, 2.45) is 17.8 Å². The van der Waals surface area contributed by atoms with E-state index in [1.54, 1.807) is 0 Å². The zero-order valence-corrected chi connectivity index (χ0v) is 12.8. The number of imide groups is 1. The number of carbonyl (C=O) groups is 2. The van der Waals surface area contributed by atoms with Crippen LogP contribution in [0.4, 0.5) is 5.69 Å². The molecule has 3 unspecified atom stereocenters. The number of hydrogen-bond donors (Lipinski definition) is 0. The number of amides is 2. The van der Waals surface area contributed by atoms with Crippen LogP contribution in [0, 0.1) is 17.8 Å². The zero-order chi connectivity index (χ0) is 15.0. The summed E-state index contributed by atoms with van der Waals surface area (Å²) in [6, 6.07) is 7.90. The van der Waals surface area contributed by atoms with Gasteiger partial charge in [-0.3, -0.25) is 14.5 Å². The maximum absolute atomic E-state index is 12.6. The molecular formula is C18H23NO2. The van der Waals surface area contributed by atoms with Gasteiger partial charge in [-0.15, -0.1) is 0 Å². The molecule has 1 aliphatic heterocycles. The highest BCUT2D eigenvalue weighted by atomic mass is 16.2. The number of benzene rings is 1. The Morgan fingerprint density at radius 3 is 2.38 bits per heavy atom. The van der Waals surface area contributed by atoms with Crippen molar-refractivity contribution in [3.8, 4) is 0 Å². The molecule has 112 valence electrons. The average Bonchev–Trinajstić information content (AvgIpc) is 2.72. The van der Waals surface area contributed by atoms with Gasteiger partial charge in [-0.05, 0) is 49.3 Å². The van der Waals surface area contributed by atoms with Crippen molar-refractivity contribution in [2.75, 3.05) is 4.90 Å². The van der Waals surface area contributed by atoms with Crippen LogP contribution in [0.2, 0.25) is 0 Å². The standard InChI is InChI=1S/C18H23NO2/c1-3-4-13-6-8-14(9-7-13)19-17(20)15-10-5-12(2)11-16(15)18(19)21/h6-9,12,15-16H,3-5,10-11H2,1-2H3. The summed E-state index contributed by atoms with van der Waals surface area (Å²) >= 11 is 0. The van der Waals surface area contributed by atoms with Crippen LogP contribution in [0.1, 0.15) is 45.1 Å². The number of hydrogen-bond acceptors (Lipinski definition) is 2. The number of carbonyl (C=O) groups excluding carboxylic acids is 2. The molecule has 2 amide bonds. The summed E-state index contributed by atoms with van der Waals surface area (Å²) in [5.74, 6) is 0.412. The van der Waals surface area contributed by atoms with Crippen LogP contribution < -0.4 is 4.90 Å². The third kappa shape index (κ3) is 2.50. The normalized spacial score (nSPS) is 28.9. The van der Waals surface area contributed by atoms with E-state index in [0.717, 1.165) is 37.8 Å². The molecule has 1 saturated heterocycles. The van der Waals surface area contributed by atoms with E-state index in [1.807, 2.05) is 24.3 Å². The highest BCUT2D eigenvalue weighted by Crippen LogP contribution is 2.42. The van der Waals surface area contributed by atoms with Crippen LogP contribution >= 0.6 is 0 Å². The van der Waals surface area contributed by atoms with Gasteiger partial charge in [-0.25, -0.2) is 0 Å². The molecule has 3 atom stereocenters. The average molecular weight is 285 g/mol. The summed E-state index contributed by atoms with van der Waals surface area (Å²) in [5, 5.41) is 0. The lowest BCUT2D eigenvalue weighted by molar-refractivity contribution is -0.122. The smallest absolute Gasteiger partial charge is 0.237 e. The third-order valence-electron chi connectivity index (χ3n) is 4.92. The van der Waals surface area contributed by atoms with Crippen molar-refractivity contribution < 1.29 is 9.59 Å². The molecule has 1 aromatic carbocycles. The molecule has 1 saturated carbocycles. The lowest BCUT2D eigenvalue weighted by Crippen LogP contribution is -2.30. The maximum Gasteiger partial charge on any atom is 0.237 e. The number of aryl methyl sites for hydroxylation is 1. The number of fused-ring (bicyclic) bond motifs is 1. The van der Waals surface area contributed by atoms with E-state index >= 15 is 0 Å². The first-order valence-corrected chi connectivity index (χ1v) is 8.08. The van der Waals surface area contributed by atoms with E-state index in [4.69, 9.17) is 0 Å². The van der Waals surface area contributed by atoms with Crippen molar-refractivity contribution >= 4 is 17.5 Å². The number of rotatable bonds is 3. The highest BCUT2D eigenvalue weighted by molar-refractivity contribution is 6.22. The van der Waals surface area contributed by atoms with E-state index in [0.29, 0.717) is 5.92 Å². The van der Waals surface area contributed by atoms with Crippen molar-refractivity contribution in [3.05, 3.63) is 29.8 Å². The SMILES string of the molecule is CCCc1ccc(N2C(=O)C3CCC(C)CC3C2=O)cc1. The van der Waals surface area contributed by atoms with E-state index in [9.17, 15) is 9.59 Å². The molecule has 1 heterocycles. The lowest BCUT2D eigenvalue weighted by atomic mass is 9.76. The molecule has 2 aliphatic rings. The van der Waals surface area contributed by atoms with Crippen LogP contribution in [0.25, 0.3) is 0 Å². The third-order valence-corrected chi connectivity index (χ3v) is 4.92. The van der Waals surface area contributed by atoms with Gasteiger partial charge in [0.25, 0.3) is 0 Å². The fourth-order valence-corrected chi connectivity index (χ4v) is 3.74. The molecule has 3 heteroatoms. The van der Waals surface area contributed by atoms with Gasteiger partial charge in [0.15, 0.2) is 0 Å². The van der Waals surface area contributed by atoms with Gasteiger partial charge < -0.3 is 0 Å². The Bertz CT molecular complexity index is 549. The highest BCUT2D eigenvalue weighted by Gasteiger charge is 2.49. The number of nitrogens with zero attached hydrogens (tertiary/aromatic N) is 1. The summed E-state index contributed by atoms with van der Waals surface area (Å²) in [7, 11) is 0. The molecule has 0 radical (unpaired) electrons. The van der Waals surface area contributed by atoms with Gasteiger partial charge in [-0.1, -0.05) is 32.4 Å². The minimum Gasteiger partial charge on any atom is -0.274 e. The van der Waals surface area contributed by atoms with Crippen molar-refractivity contribution in [1.29, 1.82) is 0 Å². The van der Waals surface area contributed by atoms with Crippen molar-refractivity contribution in [2.45, 2.75) is 46.0 Å². The summed E-state index contributed by atoms with van der Waals surface area (Å²) in [4.78, 5) is 26.6. The topological polar surface area (TPSA) is 37.4 Å². The Morgan fingerprint density at radius 2 is 1.71 bits per heavy atom. The Labute approximate surface area is 126 Å². The van der Waals surface area contributed by atoms with Crippen LogP contribution in [0.15, 0.2) is 24.3 Å². The van der Waals surface area contributed by atoms with E-state index < -0.39 is 0 Å². The predicted octanol–water partition coefficient (Wildman–Crippen LogP) is 3.56. The largest absolute Gasteiger partial charge is 0.274 e. The predicted molar refractivity (Wildman–Crippen MR) is 82.9 cm³/mol. The first kappa shape index (κ1) is 14.3. The zero-order valence-electron chi connectivity index (χ0n) is 12.8. The maximum atomic E-state index is 12.6. The molecule has 0 bridgehead atoms. The van der Waals surface area contributed by atoms with Gasteiger partial charge in [0.1, 0.15) is 0 Å². The molecular weight excluding hydrogens is 262 g/mol. The van der Waals surface area contributed by atoms with Crippen molar-refractivity contribution in [1.82, 2.24) is 0 Å². The van der Waals surface area contributed by atoms with E-state index in [2.05, 4.69) is 13.8 Å². The molecule has 2 fully saturated rings. The van der Waals surface area contributed by atoms with Gasteiger partial charge >= 0.3 is 0 Å². The summed E-state index contributed by atoms with van der Waals surface area (Å²) in [6.45, 7) is 4.32. The van der Waals surface area contributed by atoms with Crippen LogP contribution in [0.5, 0.6) is 0 Å². The minimum atomic E-state index is -0.0865. The molecule has 0 aromatic heterocycles. The Hall–Kier alpha value is -1.64. The molecule has 0 N–H and O–H groups in total. The fourth-order valence-electron chi connectivity index (χ4n) is 3.74. The molecule has 3 rings (SSSR count). The first-order chi connectivity index (χ1) is 10.1. The number of anilines is 1. The second-order valence-electron chi connectivity index (χ2n) is 6.56. The quantitative estimate of drug-likeness (QED) is 0.796. The van der Waals surface area contributed by atoms with Crippen LogP contribution in [-0.2, 0) is 16.0 Å². The summed E-state index contributed by atoms with van der Waals surface area (Å²) in [6.07, 6.45) is 4.91. The molecule has 1 aliphatic carbocycles. The molecule has 3 nitrogen and oxygen atoms in total. The Balaban J connectivity index is 1.85. The lowest BCUT2D eigenvalue weighted by Gasteiger charge is -2.25. The van der Waals surface area contributed by atoms with E-state index in [1.165, 1.54) is 10.5 Å². The minimum absolute atomic E-state index is 0.0137. The second kappa shape index (κ2) is 5.63. The first-order valence-electron chi connectivity index (χ1n) is 8.08. The Kier molecular flexibility index (Phi) is 3.83. The van der Waals surface area contributed by atoms with E-state index in [-0.39, 0.29) is 23.7 Å². The van der Waals surface area contributed by atoms with Gasteiger partial charge in [0.2, 0.25) is 11.8 Å². The van der Waals surface area contributed by atoms with Gasteiger partial charge in [-0.2, -0.15) is 0 Å². The van der Waals surface area contributed by atoms with Crippen molar-refractivity contribution in [3.63, 3.8) is 0 Å². The summed E-state index contributed by atoms with van der Waals surface area (Å²) < 4.78 is 0. The van der Waals surface area contributed by atoms with Gasteiger partial charge in [0.05, 0.1) is 17.5 Å². The fraction of sp³-hybridized carbons (Fsp3) is 0.556. The molecule has 0 spiro atoms. The van der Waals surface area contributed by atoms with Gasteiger partial charge in [0, 0.05) is 0 Å². The Morgan fingerprint density at radius 1 is 1.05 bits per heavy atom. The molecule has 21 heavy (non-hydrogen) atoms. The van der Waals surface area contributed by atoms with Crippen LogP contribution in [0.3, 0.4) is 0 Å². The van der Waals surface area contributed by atoms with Crippen LogP contribution in [-0.4, -0.2) is 11.8 Å². The molecule has 1 aromatic rings. The second-order valence-corrected chi connectivity index (χ2v) is 6.56. The monoisotopic (exact) mass is 285 g/mol. The summed E-state index contributed by atoms with van der Waals surface area (Å²) in [5.41, 5.74) is 2.00.